The number of hydrogen-bond donors (Lipinski definition) is 1. The number of nitrogens with zero attached hydrogens (tertiary/aromatic N) is 3. The van der Waals surface area contributed by atoms with E-state index in [9.17, 15) is 29.1 Å². The fourth-order valence-electron chi connectivity index (χ4n) is 9.43. The minimum Gasteiger partial charge on any atom is -0.463 e. The van der Waals surface area contributed by atoms with Crippen LogP contribution in [0.15, 0.2) is 0 Å². The lowest BCUT2D eigenvalue weighted by Crippen LogP contribution is -2.66. The summed E-state index contributed by atoms with van der Waals surface area (Å²) in [5.74, 6) is -3.76. The van der Waals surface area contributed by atoms with Crippen LogP contribution in [0.25, 0.3) is 0 Å². The third-order valence-electron chi connectivity index (χ3n) is 13.1. The van der Waals surface area contributed by atoms with Crippen LogP contribution in [0, 0.1) is 11.8 Å². The van der Waals surface area contributed by atoms with E-state index in [-0.39, 0.29) is 38.0 Å². The van der Waals surface area contributed by atoms with Gasteiger partial charge in [-0.3, -0.25) is 24.0 Å². The molecule has 21 nitrogen and oxygen atoms in total. The van der Waals surface area contributed by atoms with Gasteiger partial charge in [0, 0.05) is 81.5 Å². The van der Waals surface area contributed by atoms with Crippen molar-refractivity contribution >= 4 is 29.8 Å². The summed E-state index contributed by atoms with van der Waals surface area (Å²) in [4.78, 5) is 66.2. The van der Waals surface area contributed by atoms with Crippen molar-refractivity contribution in [3.8, 4) is 0 Å². The van der Waals surface area contributed by atoms with Crippen molar-refractivity contribution in [1.82, 2.24) is 14.9 Å². The first kappa shape index (κ1) is 59.2. The Bertz CT molecular complexity index is 1600. The molecule has 3 aliphatic rings. The van der Waals surface area contributed by atoms with E-state index in [2.05, 4.69) is 0 Å². The van der Waals surface area contributed by atoms with Crippen LogP contribution in [0.2, 0.25) is 0 Å². The highest BCUT2D eigenvalue weighted by Gasteiger charge is 2.55. The number of likely N-dealkylation sites (N-methyl/N-ethyl adjacent to an activating group) is 2. The number of hydrogen-bond acceptors (Lipinski definition) is 21. The van der Waals surface area contributed by atoms with Crippen molar-refractivity contribution in [1.29, 1.82) is 0 Å². The van der Waals surface area contributed by atoms with Crippen molar-refractivity contribution in [2.45, 2.75) is 199 Å². The minimum atomic E-state index is -1.43. The number of hydrazine groups is 1. The van der Waals surface area contributed by atoms with E-state index in [1.165, 1.54) is 35.2 Å². The topological polar surface area (TPSA) is 226 Å². The van der Waals surface area contributed by atoms with Crippen LogP contribution in [0.4, 0.5) is 0 Å². The zero-order valence-electron chi connectivity index (χ0n) is 43.3. The Morgan fingerprint density at radius 2 is 1.47 bits per heavy atom. The number of carbonyl (C=O) groups excluding carboxylic acids is 5. The van der Waals surface area contributed by atoms with Gasteiger partial charge in [0.25, 0.3) is 0 Å². The maximum Gasteiger partial charge on any atom is 0.309 e. The van der Waals surface area contributed by atoms with E-state index in [1.807, 2.05) is 31.0 Å². The number of ether oxygens (including phenoxy) is 12. The summed E-state index contributed by atoms with van der Waals surface area (Å²) in [6.07, 6.45) is -12.1. The summed E-state index contributed by atoms with van der Waals surface area (Å²) in [6, 6.07) is -0.820. The van der Waals surface area contributed by atoms with E-state index < -0.39 is 134 Å². The molecule has 0 aromatic rings. The van der Waals surface area contributed by atoms with Gasteiger partial charge in [0.05, 0.1) is 37.3 Å². The largest absolute Gasteiger partial charge is 0.463 e. The highest BCUT2D eigenvalue weighted by molar-refractivity contribution is 5.73. The molecular formula is C47H83N3O18. The summed E-state index contributed by atoms with van der Waals surface area (Å²) < 4.78 is 73.6. The second kappa shape index (κ2) is 27.5. The van der Waals surface area contributed by atoms with Gasteiger partial charge in [0.1, 0.15) is 36.6 Å². The number of carbonyl (C=O) groups is 5. The Morgan fingerprint density at radius 1 is 0.838 bits per heavy atom. The zero-order chi connectivity index (χ0) is 51.2. The van der Waals surface area contributed by atoms with Crippen LogP contribution in [0.3, 0.4) is 0 Å². The van der Waals surface area contributed by atoms with Gasteiger partial charge in [-0.15, -0.1) is 0 Å². The van der Waals surface area contributed by atoms with Gasteiger partial charge >= 0.3 is 29.8 Å². The molecule has 0 radical (unpaired) electrons. The molecule has 1 N–H and O–H groups in total. The van der Waals surface area contributed by atoms with Crippen molar-refractivity contribution in [2.75, 3.05) is 62.6 Å². The molecule has 16 atom stereocenters. The van der Waals surface area contributed by atoms with E-state index in [0.717, 1.165) is 0 Å². The Balaban J connectivity index is 2.17. The van der Waals surface area contributed by atoms with Crippen molar-refractivity contribution in [3.63, 3.8) is 0 Å². The Hall–Kier alpha value is -3.09. The number of esters is 5. The molecule has 0 aromatic carbocycles. The van der Waals surface area contributed by atoms with Crippen molar-refractivity contribution in [3.05, 3.63) is 0 Å². The molecule has 3 saturated heterocycles. The predicted octanol–water partition coefficient (Wildman–Crippen LogP) is 3.00. The second-order valence-corrected chi connectivity index (χ2v) is 18.9. The first-order valence-electron chi connectivity index (χ1n) is 23.8. The molecule has 0 aliphatic carbocycles. The molecule has 3 fully saturated rings. The number of rotatable bonds is 16. The molecule has 0 spiro atoms. The first-order valence-corrected chi connectivity index (χ1v) is 23.8. The summed E-state index contributed by atoms with van der Waals surface area (Å²) in [5, 5.41) is 16.4. The Labute approximate surface area is 403 Å². The molecule has 0 saturated carbocycles. The third-order valence-corrected chi connectivity index (χ3v) is 13.1. The molecule has 3 rings (SSSR count). The molecule has 0 amide bonds. The zero-order valence-corrected chi connectivity index (χ0v) is 43.3. The van der Waals surface area contributed by atoms with Gasteiger partial charge in [-0.2, -0.15) is 0 Å². The maximum atomic E-state index is 13.8. The fourth-order valence-corrected chi connectivity index (χ4v) is 9.43. The summed E-state index contributed by atoms with van der Waals surface area (Å²) in [5.41, 5.74) is -1.33. The molecule has 3 heterocycles. The molecule has 0 aromatic heterocycles. The lowest BCUT2D eigenvalue weighted by atomic mass is 9.82. The lowest BCUT2D eigenvalue weighted by Gasteiger charge is -2.51. The van der Waals surface area contributed by atoms with E-state index in [1.54, 1.807) is 60.5 Å². The monoisotopic (exact) mass is 978 g/mol. The first-order chi connectivity index (χ1) is 31.9. The molecule has 68 heavy (non-hydrogen) atoms. The Morgan fingerprint density at radius 3 is 2.03 bits per heavy atom. The number of cyclic esters (lactones) is 1. The van der Waals surface area contributed by atoms with Gasteiger partial charge < -0.3 is 66.8 Å². The summed E-state index contributed by atoms with van der Waals surface area (Å²) in [6.45, 7) is 15.6. The third kappa shape index (κ3) is 16.8. The van der Waals surface area contributed by atoms with Crippen LogP contribution >= 0.6 is 0 Å². The molecule has 21 heteroatoms. The van der Waals surface area contributed by atoms with Gasteiger partial charge in [-0.25, -0.2) is 10.0 Å². The second-order valence-electron chi connectivity index (χ2n) is 18.9. The standard InChI is InChI=1S/C47H83N3O18/c1-17-35(53)64-33-23-37(55)60-27(4)19-20-49(12)50(13)25-34(63-30(7)51)26(3)21-32(22-38(57-14)58-15)43(44(33)59-16)67-46-41(56)40(48(10)11)42(28(5)62-46)66-39-24-47(9,68-31(8)52)45(29(6)61-39)65-36(54)18-2/h26-29,32-34,38-46,56H,17-25H2,1-16H3/t26-,27-,28-,29+,32-,33-,34+,39+,40-,41-,42-,43+,44+,45+,46+,47-/m1/s1. The van der Waals surface area contributed by atoms with Crippen molar-refractivity contribution in [2.24, 2.45) is 11.8 Å². The molecule has 394 valence electrons. The lowest BCUT2D eigenvalue weighted by molar-refractivity contribution is -0.345. The quantitative estimate of drug-likeness (QED) is 0.133. The molecule has 0 unspecified atom stereocenters. The fraction of sp³-hybridized carbons (Fsp3) is 0.894. The van der Waals surface area contributed by atoms with Crippen LogP contribution in [-0.2, 0) is 80.8 Å². The van der Waals surface area contributed by atoms with Crippen molar-refractivity contribution < 1.29 is 85.9 Å². The smallest absolute Gasteiger partial charge is 0.309 e. The highest BCUT2D eigenvalue weighted by atomic mass is 16.7. The van der Waals surface area contributed by atoms with Gasteiger partial charge in [0.15, 0.2) is 30.6 Å². The van der Waals surface area contributed by atoms with Gasteiger partial charge in [-0.1, -0.05) is 20.8 Å². The average molecular weight is 978 g/mol. The van der Waals surface area contributed by atoms with Crippen LogP contribution in [0.1, 0.15) is 107 Å². The molecule has 3 aliphatic heterocycles. The Kier molecular flexibility index (Phi) is 23.9. The van der Waals surface area contributed by atoms with Gasteiger partial charge in [0.2, 0.25) is 0 Å². The molecular weight excluding hydrogens is 895 g/mol. The van der Waals surface area contributed by atoms with Gasteiger partial charge in [-0.05, 0) is 66.5 Å². The average Bonchev–Trinajstić information content (AvgIpc) is 3.25. The normalized spacial score (nSPS) is 36.5. The predicted molar refractivity (Wildman–Crippen MR) is 243 cm³/mol. The van der Waals surface area contributed by atoms with Crippen LogP contribution in [-0.4, -0.2) is 204 Å². The number of aliphatic hydroxyl groups is 1. The van der Waals surface area contributed by atoms with E-state index in [0.29, 0.717) is 19.5 Å². The SMILES string of the molecule is CCC(=O)O[C@@H]1CC(=O)O[C@H](C)CCN(C)N(C)C[C@H](OC(C)=O)[C@H](C)C[C@H](CC(OC)OC)[C@H](O[C@@H]2O[C@H](C)[C@@H](O[C@H]3C[C@@](C)(OC(C)=O)[C@@H](OC(=O)CC)[C@H](C)O3)[C@H](N(C)C)[C@H]2O)[C@H]1OC. The number of aliphatic hydroxyl groups excluding tert-OH is 1. The summed E-state index contributed by atoms with van der Waals surface area (Å²) in [7, 11) is 11.7. The summed E-state index contributed by atoms with van der Waals surface area (Å²) >= 11 is 0. The molecule has 0 bridgehead atoms. The van der Waals surface area contributed by atoms with E-state index >= 15 is 0 Å². The van der Waals surface area contributed by atoms with E-state index in [4.69, 9.17) is 56.8 Å². The number of methoxy groups -OCH3 is 3. The maximum absolute atomic E-state index is 13.8. The highest BCUT2D eigenvalue weighted by Crippen LogP contribution is 2.40. The minimum absolute atomic E-state index is 0.00829. The van der Waals surface area contributed by atoms with Crippen LogP contribution < -0.4 is 0 Å². The van der Waals surface area contributed by atoms with Crippen LogP contribution in [0.5, 0.6) is 0 Å².